The van der Waals surface area contributed by atoms with E-state index < -0.39 is 5.97 Å². The number of esters is 1. The van der Waals surface area contributed by atoms with Gasteiger partial charge >= 0.3 is 5.97 Å². The lowest BCUT2D eigenvalue weighted by molar-refractivity contribution is -0.135. The van der Waals surface area contributed by atoms with Crippen LogP contribution in [0.2, 0.25) is 0 Å². The van der Waals surface area contributed by atoms with Gasteiger partial charge in [0.1, 0.15) is 11.6 Å². The van der Waals surface area contributed by atoms with E-state index in [1.54, 1.807) is 11.8 Å². The molecule has 4 heteroatoms. The van der Waals surface area contributed by atoms with Gasteiger partial charge in [0.15, 0.2) is 0 Å². The summed E-state index contributed by atoms with van der Waals surface area (Å²) in [6.07, 6.45) is 2.02. The maximum atomic E-state index is 11.1. The lowest BCUT2D eigenvalue weighted by Gasteiger charge is -2.02. The number of hydrogen-bond acceptors (Lipinski definition) is 3. The van der Waals surface area contributed by atoms with Crippen molar-refractivity contribution in [2.75, 3.05) is 12.9 Å². The van der Waals surface area contributed by atoms with Crippen LogP contribution in [0.15, 0.2) is 34.2 Å². The number of ether oxygens (including phenoxy) is 1. The van der Waals surface area contributed by atoms with E-state index in [2.05, 4.69) is 0 Å². The van der Waals surface area contributed by atoms with Crippen LogP contribution in [0.25, 0.3) is 5.57 Å². The van der Waals surface area contributed by atoms with E-state index in [-0.39, 0.29) is 11.6 Å². The zero-order valence-electron chi connectivity index (χ0n) is 8.12. The average molecular weight is 241 g/mol. The summed E-state index contributed by atoms with van der Waals surface area (Å²) in [5, 5.41) is 0.201. The summed E-state index contributed by atoms with van der Waals surface area (Å²) in [6, 6.07) is 7.90. The molecule has 0 aliphatic carbocycles. The number of thioether (sulfide) groups is 1. The first kappa shape index (κ1) is 10.6. The van der Waals surface area contributed by atoms with Crippen LogP contribution >= 0.6 is 23.4 Å². The van der Waals surface area contributed by atoms with Gasteiger partial charge in [0.25, 0.3) is 0 Å². The van der Waals surface area contributed by atoms with Crippen LogP contribution < -0.4 is 0 Å². The summed E-state index contributed by atoms with van der Waals surface area (Å²) in [5.74, 6) is -0.430. The molecule has 0 saturated heterocycles. The molecule has 1 aliphatic heterocycles. The Bertz CT molecular complexity index is 423. The lowest BCUT2D eigenvalue weighted by atomic mass is 10.1. The maximum Gasteiger partial charge on any atom is 0.350 e. The van der Waals surface area contributed by atoms with Crippen LogP contribution in [0.5, 0.6) is 0 Å². The van der Waals surface area contributed by atoms with Gasteiger partial charge < -0.3 is 4.74 Å². The molecule has 2 rings (SSSR count). The Hall–Kier alpha value is -0.930. The highest BCUT2D eigenvalue weighted by atomic mass is 35.5. The fourth-order valence-electron chi connectivity index (χ4n) is 1.39. The fraction of sp³-hybridized carbons (Fsp3) is 0.182. The number of carbonyl (C=O) groups is 1. The summed E-state index contributed by atoms with van der Waals surface area (Å²) in [6.45, 7) is 0.274. The van der Waals surface area contributed by atoms with Crippen molar-refractivity contribution < 1.29 is 9.53 Å². The second kappa shape index (κ2) is 4.29. The molecule has 0 N–H and O–H groups in total. The molecule has 78 valence electrons. The predicted octanol–water partition coefficient (Wildman–Crippen LogP) is 2.92. The van der Waals surface area contributed by atoms with Crippen LogP contribution in [-0.4, -0.2) is 18.8 Å². The van der Waals surface area contributed by atoms with Gasteiger partial charge in [-0.25, -0.2) is 4.79 Å². The number of halogens is 1. The van der Waals surface area contributed by atoms with Gasteiger partial charge in [0, 0.05) is 10.5 Å². The Morgan fingerprint density at radius 3 is 2.47 bits per heavy atom. The van der Waals surface area contributed by atoms with Crippen LogP contribution in [0.3, 0.4) is 0 Å². The van der Waals surface area contributed by atoms with Gasteiger partial charge in [-0.2, -0.15) is 0 Å². The first-order valence-corrected chi connectivity index (χ1v) is 6.03. The van der Waals surface area contributed by atoms with E-state index in [1.807, 2.05) is 30.5 Å². The van der Waals surface area contributed by atoms with Crippen molar-refractivity contribution in [1.29, 1.82) is 0 Å². The second-order valence-electron chi connectivity index (χ2n) is 3.10. The highest BCUT2D eigenvalue weighted by Crippen LogP contribution is 2.29. The highest BCUT2D eigenvalue weighted by molar-refractivity contribution is 7.98. The molecule has 0 radical (unpaired) electrons. The van der Waals surface area contributed by atoms with Gasteiger partial charge in [-0.05, 0) is 24.0 Å². The Morgan fingerprint density at radius 1 is 1.33 bits per heavy atom. The third kappa shape index (κ3) is 2.03. The highest BCUT2D eigenvalue weighted by Gasteiger charge is 2.23. The predicted molar refractivity (Wildman–Crippen MR) is 62.0 cm³/mol. The average Bonchev–Trinajstić information content (AvgIpc) is 2.60. The smallest absolute Gasteiger partial charge is 0.350 e. The van der Waals surface area contributed by atoms with Gasteiger partial charge in [-0.15, -0.1) is 11.8 Å². The van der Waals surface area contributed by atoms with Gasteiger partial charge in [0.05, 0.1) is 0 Å². The fourth-order valence-corrected chi connectivity index (χ4v) is 2.02. The molecule has 15 heavy (non-hydrogen) atoms. The van der Waals surface area contributed by atoms with Crippen LogP contribution in [-0.2, 0) is 9.53 Å². The third-order valence-corrected chi connectivity index (χ3v) is 3.36. The molecule has 0 unspecified atom stereocenters. The molecular formula is C11H9ClO2S. The van der Waals surface area contributed by atoms with Crippen molar-refractivity contribution in [1.82, 2.24) is 0 Å². The van der Waals surface area contributed by atoms with E-state index >= 15 is 0 Å². The molecule has 0 saturated carbocycles. The molecule has 1 heterocycles. The van der Waals surface area contributed by atoms with Crippen molar-refractivity contribution in [2.24, 2.45) is 0 Å². The first-order chi connectivity index (χ1) is 7.22. The first-order valence-electron chi connectivity index (χ1n) is 4.42. The molecule has 1 aliphatic rings. The number of benzene rings is 1. The van der Waals surface area contributed by atoms with Crippen LogP contribution in [0.4, 0.5) is 0 Å². The third-order valence-electron chi connectivity index (χ3n) is 2.23. The summed E-state index contributed by atoms with van der Waals surface area (Å²) in [7, 11) is 0. The molecule has 2 nitrogen and oxygen atoms in total. The van der Waals surface area contributed by atoms with Gasteiger partial charge in [-0.1, -0.05) is 23.7 Å². The summed E-state index contributed by atoms with van der Waals surface area (Å²) < 4.78 is 4.84. The molecule has 0 amide bonds. The zero-order chi connectivity index (χ0) is 10.8. The molecule has 0 atom stereocenters. The number of hydrogen-bond donors (Lipinski definition) is 0. The van der Waals surface area contributed by atoms with Gasteiger partial charge in [0.2, 0.25) is 0 Å². The Labute approximate surface area is 97.3 Å². The molecule has 0 fully saturated rings. The minimum Gasteiger partial charge on any atom is -0.456 e. The summed E-state index contributed by atoms with van der Waals surface area (Å²) in [5.41, 5.74) is 1.72. The van der Waals surface area contributed by atoms with E-state index in [0.29, 0.717) is 0 Å². The van der Waals surface area contributed by atoms with Crippen LogP contribution in [0.1, 0.15) is 5.56 Å². The standard InChI is InChI=1S/C11H9ClO2S/c1-15-8-4-2-7(3-5-8)9-6-14-11(13)10(9)12/h2-5H,6H2,1H3. The largest absolute Gasteiger partial charge is 0.456 e. The molecular weight excluding hydrogens is 232 g/mol. The number of cyclic esters (lactones) is 1. The van der Waals surface area contributed by atoms with Crippen molar-refractivity contribution >= 4 is 34.9 Å². The van der Waals surface area contributed by atoms with Crippen molar-refractivity contribution in [3.8, 4) is 0 Å². The normalized spacial score (nSPS) is 15.7. The molecule has 1 aromatic rings. The van der Waals surface area contributed by atoms with Gasteiger partial charge in [-0.3, -0.25) is 0 Å². The second-order valence-corrected chi connectivity index (χ2v) is 4.35. The monoisotopic (exact) mass is 240 g/mol. The SMILES string of the molecule is CSc1ccc(C2=C(Cl)C(=O)OC2)cc1. The topological polar surface area (TPSA) is 26.3 Å². The summed E-state index contributed by atoms with van der Waals surface area (Å²) in [4.78, 5) is 12.2. The molecule has 0 spiro atoms. The quantitative estimate of drug-likeness (QED) is 0.587. The number of carbonyl (C=O) groups excluding carboxylic acids is 1. The van der Waals surface area contributed by atoms with Crippen molar-refractivity contribution in [3.63, 3.8) is 0 Å². The maximum absolute atomic E-state index is 11.1. The molecule has 0 aromatic heterocycles. The van der Waals surface area contributed by atoms with Crippen LogP contribution in [0, 0.1) is 0 Å². The van der Waals surface area contributed by atoms with E-state index in [4.69, 9.17) is 16.3 Å². The van der Waals surface area contributed by atoms with E-state index in [0.717, 1.165) is 11.1 Å². The Balaban J connectivity index is 2.34. The minimum absolute atomic E-state index is 0.201. The summed E-state index contributed by atoms with van der Waals surface area (Å²) >= 11 is 7.51. The van der Waals surface area contributed by atoms with Crippen molar-refractivity contribution in [3.05, 3.63) is 34.9 Å². The zero-order valence-corrected chi connectivity index (χ0v) is 9.69. The lowest BCUT2D eigenvalue weighted by Crippen LogP contribution is -1.93. The van der Waals surface area contributed by atoms with Crippen molar-refractivity contribution in [2.45, 2.75) is 4.90 Å². The molecule has 1 aromatic carbocycles. The van der Waals surface area contributed by atoms with E-state index in [1.165, 1.54) is 4.90 Å². The number of rotatable bonds is 2. The Kier molecular flexibility index (Phi) is 3.03. The molecule has 0 bridgehead atoms. The Morgan fingerprint density at radius 2 is 2.00 bits per heavy atom. The van der Waals surface area contributed by atoms with E-state index in [9.17, 15) is 4.79 Å². The minimum atomic E-state index is -0.430.